The van der Waals surface area contributed by atoms with Crippen molar-refractivity contribution < 1.29 is 0 Å². The number of benzene rings is 3. The molecule has 0 spiro atoms. The smallest absolute Gasteiger partial charge is 0.0406 e. The first-order valence-corrected chi connectivity index (χ1v) is 7.08. The third-order valence-corrected chi connectivity index (χ3v) is 3.63. The lowest BCUT2D eigenvalue weighted by Gasteiger charge is -2.05. The monoisotopic (exact) mass is 278 g/mol. The summed E-state index contributed by atoms with van der Waals surface area (Å²) in [5, 5.41) is 0.785. The molecule has 3 aromatic carbocycles. The fourth-order valence-electron chi connectivity index (χ4n) is 2.28. The largest absolute Gasteiger partial charge is 0.0843 e. The SMILES string of the molecule is Clc1ccc(Cc2ccc(-c3ccccc3)cc2)cc1. The highest BCUT2D eigenvalue weighted by atomic mass is 35.5. The molecule has 0 N–H and O–H groups in total. The molecule has 0 aliphatic carbocycles. The van der Waals surface area contributed by atoms with Crippen molar-refractivity contribution in [2.75, 3.05) is 0 Å². The van der Waals surface area contributed by atoms with Crippen LogP contribution in [0.3, 0.4) is 0 Å². The van der Waals surface area contributed by atoms with Gasteiger partial charge in [-0.25, -0.2) is 0 Å². The van der Waals surface area contributed by atoms with Crippen LogP contribution in [0.1, 0.15) is 11.1 Å². The molecule has 0 aromatic heterocycles. The van der Waals surface area contributed by atoms with E-state index in [1.54, 1.807) is 0 Å². The third kappa shape index (κ3) is 3.09. The van der Waals surface area contributed by atoms with Gasteiger partial charge in [0.15, 0.2) is 0 Å². The Hall–Kier alpha value is -2.05. The summed E-state index contributed by atoms with van der Waals surface area (Å²) in [6, 6.07) is 27.2. The van der Waals surface area contributed by atoms with Crippen molar-refractivity contribution in [1.29, 1.82) is 0 Å². The van der Waals surface area contributed by atoms with Gasteiger partial charge in [0.05, 0.1) is 0 Å². The number of hydrogen-bond acceptors (Lipinski definition) is 0. The van der Waals surface area contributed by atoms with Gasteiger partial charge < -0.3 is 0 Å². The normalized spacial score (nSPS) is 10.4. The second-order valence-electron chi connectivity index (χ2n) is 4.87. The van der Waals surface area contributed by atoms with Crippen molar-refractivity contribution in [2.24, 2.45) is 0 Å². The van der Waals surface area contributed by atoms with Crippen LogP contribution in [0.15, 0.2) is 78.9 Å². The zero-order valence-electron chi connectivity index (χ0n) is 11.1. The summed E-state index contributed by atoms with van der Waals surface area (Å²) in [4.78, 5) is 0. The molecule has 98 valence electrons. The first kappa shape index (κ1) is 13.0. The fourth-order valence-corrected chi connectivity index (χ4v) is 2.41. The van der Waals surface area contributed by atoms with Crippen molar-refractivity contribution >= 4 is 11.6 Å². The molecule has 0 aliphatic rings. The standard InChI is InChI=1S/C19H15Cl/c20-19-12-8-16(9-13-19)14-15-6-10-18(11-7-15)17-4-2-1-3-5-17/h1-13H,14H2. The summed E-state index contributed by atoms with van der Waals surface area (Å²) in [6.45, 7) is 0. The van der Waals surface area contributed by atoms with E-state index in [1.165, 1.54) is 22.3 Å². The molecule has 0 heterocycles. The van der Waals surface area contributed by atoms with Crippen molar-refractivity contribution in [3.8, 4) is 11.1 Å². The van der Waals surface area contributed by atoms with Gasteiger partial charge in [0.25, 0.3) is 0 Å². The molecule has 20 heavy (non-hydrogen) atoms. The zero-order valence-corrected chi connectivity index (χ0v) is 11.8. The van der Waals surface area contributed by atoms with Crippen LogP contribution in [-0.2, 0) is 6.42 Å². The summed E-state index contributed by atoms with van der Waals surface area (Å²) in [6.07, 6.45) is 0.937. The minimum absolute atomic E-state index is 0.785. The van der Waals surface area contributed by atoms with Gasteiger partial charge in [-0.1, -0.05) is 78.3 Å². The van der Waals surface area contributed by atoms with E-state index >= 15 is 0 Å². The molecule has 0 aliphatic heterocycles. The van der Waals surface area contributed by atoms with Gasteiger partial charge in [0.1, 0.15) is 0 Å². The Morgan fingerprint density at radius 3 is 1.65 bits per heavy atom. The topological polar surface area (TPSA) is 0 Å². The Bertz CT molecular complexity index is 667. The van der Waals surface area contributed by atoms with Gasteiger partial charge in [0.2, 0.25) is 0 Å². The second-order valence-corrected chi connectivity index (χ2v) is 5.30. The van der Waals surface area contributed by atoms with Crippen LogP contribution >= 0.6 is 11.6 Å². The average Bonchev–Trinajstić information content (AvgIpc) is 2.51. The number of rotatable bonds is 3. The summed E-state index contributed by atoms with van der Waals surface area (Å²) < 4.78 is 0. The lowest BCUT2D eigenvalue weighted by Crippen LogP contribution is -1.88. The van der Waals surface area contributed by atoms with Crippen molar-refractivity contribution in [1.82, 2.24) is 0 Å². The highest BCUT2D eigenvalue weighted by Crippen LogP contribution is 2.20. The maximum absolute atomic E-state index is 5.90. The maximum atomic E-state index is 5.90. The molecule has 0 fully saturated rings. The summed E-state index contributed by atoms with van der Waals surface area (Å²) in [5.74, 6) is 0. The zero-order chi connectivity index (χ0) is 13.8. The van der Waals surface area contributed by atoms with Crippen LogP contribution in [0.4, 0.5) is 0 Å². The van der Waals surface area contributed by atoms with E-state index in [9.17, 15) is 0 Å². The maximum Gasteiger partial charge on any atom is 0.0406 e. The van der Waals surface area contributed by atoms with Crippen LogP contribution in [0.25, 0.3) is 11.1 Å². The molecule has 0 unspecified atom stereocenters. The van der Waals surface area contributed by atoms with Crippen LogP contribution in [0.2, 0.25) is 5.02 Å². The Labute approximate surface area is 124 Å². The Morgan fingerprint density at radius 1 is 0.550 bits per heavy atom. The molecular weight excluding hydrogens is 264 g/mol. The van der Waals surface area contributed by atoms with E-state index < -0.39 is 0 Å². The van der Waals surface area contributed by atoms with Gasteiger partial charge in [-0.3, -0.25) is 0 Å². The molecule has 0 atom stereocenters. The van der Waals surface area contributed by atoms with Crippen molar-refractivity contribution in [2.45, 2.75) is 6.42 Å². The molecule has 3 aromatic rings. The van der Waals surface area contributed by atoms with Gasteiger partial charge in [0, 0.05) is 5.02 Å². The Morgan fingerprint density at radius 2 is 1.05 bits per heavy atom. The predicted molar refractivity (Wildman–Crippen MR) is 86.1 cm³/mol. The van der Waals surface area contributed by atoms with Gasteiger partial charge in [-0.2, -0.15) is 0 Å². The molecule has 0 nitrogen and oxygen atoms in total. The van der Waals surface area contributed by atoms with Gasteiger partial charge in [-0.05, 0) is 40.8 Å². The summed E-state index contributed by atoms with van der Waals surface area (Å²) in [5.41, 5.74) is 5.10. The minimum Gasteiger partial charge on any atom is -0.0843 e. The predicted octanol–water partition coefficient (Wildman–Crippen LogP) is 5.60. The fraction of sp³-hybridized carbons (Fsp3) is 0.0526. The lowest BCUT2D eigenvalue weighted by atomic mass is 10.0. The molecular formula is C19H15Cl. The quantitative estimate of drug-likeness (QED) is 0.585. The van der Waals surface area contributed by atoms with Gasteiger partial charge in [-0.15, -0.1) is 0 Å². The summed E-state index contributed by atoms with van der Waals surface area (Å²) in [7, 11) is 0. The Kier molecular flexibility index (Phi) is 3.85. The summed E-state index contributed by atoms with van der Waals surface area (Å²) >= 11 is 5.90. The van der Waals surface area contributed by atoms with E-state index in [1.807, 2.05) is 18.2 Å². The first-order valence-electron chi connectivity index (χ1n) is 6.70. The van der Waals surface area contributed by atoms with Crippen LogP contribution < -0.4 is 0 Å². The van der Waals surface area contributed by atoms with Crippen LogP contribution in [-0.4, -0.2) is 0 Å². The van der Waals surface area contributed by atoms with Crippen LogP contribution in [0.5, 0.6) is 0 Å². The van der Waals surface area contributed by atoms with Crippen molar-refractivity contribution in [3.63, 3.8) is 0 Å². The molecule has 0 saturated heterocycles. The minimum atomic E-state index is 0.785. The highest BCUT2D eigenvalue weighted by Gasteiger charge is 1.99. The molecule has 0 bridgehead atoms. The number of hydrogen-bond donors (Lipinski definition) is 0. The molecule has 3 rings (SSSR count). The average molecular weight is 279 g/mol. The first-order chi connectivity index (χ1) is 9.81. The molecule has 0 amide bonds. The third-order valence-electron chi connectivity index (χ3n) is 3.38. The molecule has 0 saturated carbocycles. The lowest BCUT2D eigenvalue weighted by molar-refractivity contribution is 1.19. The van der Waals surface area contributed by atoms with E-state index in [-0.39, 0.29) is 0 Å². The van der Waals surface area contributed by atoms with E-state index in [0.717, 1.165) is 11.4 Å². The molecule has 0 radical (unpaired) electrons. The van der Waals surface area contributed by atoms with Crippen LogP contribution in [0, 0.1) is 0 Å². The van der Waals surface area contributed by atoms with E-state index in [0.29, 0.717) is 0 Å². The second kappa shape index (κ2) is 5.94. The number of halogens is 1. The van der Waals surface area contributed by atoms with Gasteiger partial charge >= 0.3 is 0 Å². The van der Waals surface area contributed by atoms with E-state index in [2.05, 4.69) is 60.7 Å². The van der Waals surface area contributed by atoms with Crippen molar-refractivity contribution in [3.05, 3.63) is 95.0 Å². The molecule has 1 heteroatoms. The Balaban J connectivity index is 1.78. The highest BCUT2D eigenvalue weighted by molar-refractivity contribution is 6.30. The van der Waals surface area contributed by atoms with E-state index in [4.69, 9.17) is 11.6 Å².